The minimum Gasteiger partial charge on any atom is -0.481 e. The van der Waals surface area contributed by atoms with E-state index in [2.05, 4.69) is 19.0 Å². The van der Waals surface area contributed by atoms with Crippen LogP contribution in [0.25, 0.3) is 0 Å². The molecule has 0 spiro atoms. The van der Waals surface area contributed by atoms with E-state index in [-0.39, 0.29) is 24.4 Å². The van der Waals surface area contributed by atoms with Gasteiger partial charge < -0.3 is 14.9 Å². The van der Waals surface area contributed by atoms with Crippen LogP contribution in [-0.4, -0.2) is 28.8 Å². The van der Waals surface area contributed by atoms with E-state index in [0.717, 1.165) is 41.4 Å². The molecule has 0 aromatic carbocycles. The zero-order chi connectivity index (χ0) is 29.3. The summed E-state index contributed by atoms with van der Waals surface area (Å²) in [7, 11) is 0. The molecule has 2 aliphatic carbocycles. The van der Waals surface area contributed by atoms with Crippen molar-refractivity contribution in [2.24, 2.45) is 11.8 Å². The lowest BCUT2D eigenvalue weighted by atomic mass is 9.69. The van der Waals surface area contributed by atoms with Crippen LogP contribution in [0.1, 0.15) is 121 Å². The van der Waals surface area contributed by atoms with Crippen molar-refractivity contribution in [2.45, 2.75) is 110 Å². The Morgan fingerprint density at radius 1 is 1.18 bits per heavy atom. The van der Waals surface area contributed by atoms with Crippen molar-refractivity contribution in [3.05, 3.63) is 52.1 Å². The van der Waals surface area contributed by atoms with Gasteiger partial charge in [0.15, 0.2) is 0 Å². The number of rotatable bonds is 12. The second-order valence-corrected chi connectivity index (χ2v) is 11.3. The molecule has 2 aliphatic rings. The number of nitrogens with zero attached hydrogens (tertiary/aromatic N) is 1. The first-order chi connectivity index (χ1) is 18.3. The summed E-state index contributed by atoms with van der Waals surface area (Å²) in [4.78, 5) is 21.4. The molecule has 2 saturated carbocycles. The van der Waals surface area contributed by atoms with Gasteiger partial charge in [-0.2, -0.15) is 13.2 Å². The molecule has 218 valence electrons. The van der Waals surface area contributed by atoms with Crippen molar-refractivity contribution in [3.8, 4) is 0 Å². The SMILES string of the molecule is C/C=C(\C(=C/C=C(C)C)NC=O)C(F)(F)F.CCC(CC(=O)O)c1noc(C2CC(CC(C)C)C2)c1C1CC1. The number of carbonyl (C=O) groups excluding carboxylic acids is 1. The summed E-state index contributed by atoms with van der Waals surface area (Å²) in [5.41, 5.74) is 1.94. The van der Waals surface area contributed by atoms with Crippen molar-refractivity contribution in [1.82, 2.24) is 10.5 Å². The molecule has 3 rings (SSSR count). The minimum atomic E-state index is -4.48. The van der Waals surface area contributed by atoms with Gasteiger partial charge in [-0.1, -0.05) is 43.7 Å². The number of aromatic nitrogens is 1. The van der Waals surface area contributed by atoms with Gasteiger partial charge in [0.1, 0.15) is 5.76 Å². The van der Waals surface area contributed by atoms with E-state index in [9.17, 15) is 22.8 Å². The van der Waals surface area contributed by atoms with E-state index in [1.54, 1.807) is 13.8 Å². The van der Waals surface area contributed by atoms with Gasteiger partial charge in [0, 0.05) is 17.4 Å². The average molecular weight is 553 g/mol. The number of carboxylic acids is 1. The molecule has 1 aromatic rings. The average Bonchev–Trinajstić information content (AvgIpc) is 3.56. The molecule has 1 amide bonds. The zero-order valence-corrected chi connectivity index (χ0v) is 23.9. The molecule has 1 heterocycles. The Balaban J connectivity index is 0.000000295. The van der Waals surface area contributed by atoms with Gasteiger partial charge in [0.25, 0.3) is 0 Å². The number of carbonyl (C=O) groups is 2. The van der Waals surface area contributed by atoms with Crippen LogP contribution in [0.3, 0.4) is 0 Å². The smallest absolute Gasteiger partial charge is 0.418 e. The normalized spacial score (nSPS) is 20.5. The van der Waals surface area contributed by atoms with Gasteiger partial charge >= 0.3 is 12.1 Å². The third-order valence-corrected chi connectivity index (χ3v) is 7.16. The second kappa shape index (κ2) is 14.5. The molecule has 9 heteroatoms. The van der Waals surface area contributed by atoms with E-state index in [0.29, 0.717) is 11.8 Å². The summed E-state index contributed by atoms with van der Waals surface area (Å²) in [5.74, 6) is 2.99. The monoisotopic (exact) mass is 552 g/mol. The van der Waals surface area contributed by atoms with Crippen molar-refractivity contribution in [1.29, 1.82) is 0 Å². The number of hydrogen-bond donors (Lipinski definition) is 2. The summed E-state index contributed by atoms with van der Waals surface area (Å²) in [5, 5.41) is 15.6. The van der Waals surface area contributed by atoms with Crippen LogP contribution in [0.2, 0.25) is 0 Å². The third-order valence-electron chi connectivity index (χ3n) is 7.16. The number of aliphatic carboxylic acids is 1. The fraction of sp³-hybridized carbons (Fsp3) is 0.633. The van der Waals surface area contributed by atoms with Gasteiger partial charge in [-0.25, -0.2) is 0 Å². The quantitative estimate of drug-likeness (QED) is 0.202. The predicted molar refractivity (Wildman–Crippen MR) is 145 cm³/mol. The van der Waals surface area contributed by atoms with Crippen molar-refractivity contribution < 1.29 is 32.4 Å². The number of carboxylic acid groups (broad SMARTS) is 1. The first-order valence-electron chi connectivity index (χ1n) is 13.8. The molecule has 1 aromatic heterocycles. The Labute approximate surface area is 229 Å². The molecular weight excluding hydrogens is 509 g/mol. The van der Waals surface area contributed by atoms with E-state index in [1.165, 1.54) is 56.7 Å². The van der Waals surface area contributed by atoms with Crippen LogP contribution < -0.4 is 5.32 Å². The number of allylic oxidation sites excluding steroid dienone is 5. The first-order valence-corrected chi connectivity index (χ1v) is 13.8. The lowest BCUT2D eigenvalue weighted by molar-refractivity contribution is -0.137. The molecular formula is C30H43F3N2O4. The number of nitrogens with one attached hydrogen (secondary N) is 1. The van der Waals surface area contributed by atoms with Crippen molar-refractivity contribution in [2.75, 3.05) is 0 Å². The first kappa shape index (κ1) is 32.4. The molecule has 39 heavy (non-hydrogen) atoms. The van der Waals surface area contributed by atoms with Gasteiger partial charge in [-0.3, -0.25) is 9.59 Å². The van der Waals surface area contributed by atoms with Crippen LogP contribution >= 0.6 is 0 Å². The van der Waals surface area contributed by atoms with E-state index in [4.69, 9.17) is 9.63 Å². The number of halogens is 3. The fourth-order valence-electron chi connectivity index (χ4n) is 5.15. The molecule has 6 nitrogen and oxygen atoms in total. The highest BCUT2D eigenvalue weighted by Crippen LogP contribution is 2.52. The zero-order valence-electron chi connectivity index (χ0n) is 23.9. The number of amides is 1. The highest BCUT2D eigenvalue weighted by molar-refractivity contribution is 5.68. The summed E-state index contributed by atoms with van der Waals surface area (Å²) >= 11 is 0. The second-order valence-electron chi connectivity index (χ2n) is 11.3. The van der Waals surface area contributed by atoms with Crippen LogP contribution in [0, 0.1) is 11.8 Å². The highest BCUT2D eigenvalue weighted by Gasteiger charge is 2.41. The lowest BCUT2D eigenvalue weighted by Crippen LogP contribution is -2.23. The Hall–Kier alpha value is -2.84. The Morgan fingerprint density at radius 3 is 2.26 bits per heavy atom. The summed E-state index contributed by atoms with van der Waals surface area (Å²) < 4.78 is 43.4. The topological polar surface area (TPSA) is 92.4 Å². The molecule has 0 aliphatic heterocycles. The molecule has 1 unspecified atom stereocenters. The molecule has 0 radical (unpaired) electrons. The molecule has 0 bridgehead atoms. The van der Waals surface area contributed by atoms with E-state index < -0.39 is 17.7 Å². The maximum absolute atomic E-state index is 12.5. The van der Waals surface area contributed by atoms with Gasteiger partial charge in [0.05, 0.1) is 23.4 Å². The third kappa shape index (κ3) is 9.69. The summed E-state index contributed by atoms with van der Waals surface area (Å²) in [6, 6.07) is 0. The van der Waals surface area contributed by atoms with Gasteiger partial charge in [0.2, 0.25) is 6.41 Å². The van der Waals surface area contributed by atoms with E-state index in [1.807, 2.05) is 12.2 Å². The largest absolute Gasteiger partial charge is 0.481 e. The maximum atomic E-state index is 12.5. The van der Waals surface area contributed by atoms with Crippen LogP contribution in [0.5, 0.6) is 0 Å². The van der Waals surface area contributed by atoms with Crippen molar-refractivity contribution in [3.63, 3.8) is 0 Å². The Morgan fingerprint density at radius 2 is 1.82 bits per heavy atom. The molecule has 2 N–H and O–H groups in total. The highest BCUT2D eigenvalue weighted by atomic mass is 19.4. The van der Waals surface area contributed by atoms with Gasteiger partial charge in [-0.15, -0.1) is 0 Å². The summed E-state index contributed by atoms with van der Waals surface area (Å²) in [6.45, 7) is 11.4. The standard InChI is InChI=1S/C19H29NO3.C11H14F3NO/c1-4-13(10-16(21)22)18-17(14-5-6-14)19(23-20-18)15-8-12(9-15)7-11(2)3;1-4-9(11(12,13)14)10(15-7-16)6-5-8(2)3/h11-15H,4-10H2,1-3H3,(H,21,22);4-7H,1-3H3,(H,15,16)/b;9-4+,10-6+. The van der Waals surface area contributed by atoms with Crippen LogP contribution in [0.15, 0.2) is 39.6 Å². The number of alkyl halides is 3. The van der Waals surface area contributed by atoms with Crippen LogP contribution in [-0.2, 0) is 9.59 Å². The Bertz CT molecular complexity index is 1050. The maximum Gasteiger partial charge on any atom is 0.418 e. The Kier molecular flexibility index (Phi) is 12.1. The number of hydrogen-bond acceptors (Lipinski definition) is 4. The fourth-order valence-corrected chi connectivity index (χ4v) is 5.15. The summed E-state index contributed by atoms with van der Waals surface area (Å²) in [6.07, 6.45) is 6.47. The molecule has 0 saturated heterocycles. The van der Waals surface area contributed by atoms with Gasteiger partial charge in [-0.05, 0) is 83.1 Å². The van der Waals surface area contributed by atoms with Crippen molar-refractivity contribution >= 4 is 12.4 Å². The van der Waals surface area contributed by atoms with E-state index >= 15 is 0 Å². The minimum absolute atomic E-state index is 0.00728. The lowest BCUT2D eigenvalue weighted by Gasteiger charge is -2.35. The van der Waals surface area contributed by atoms with Crippen LogP contribution in [0.4, 0.5) is 13.2 Å². The molecule has 1 atom stereocenters. The molecule has 2 fully saturated rings. The predicted octanol–water partition coefficient (Wildman–Crippen LogP) is 8.15.